The molecule has 1 N–H and O–H groups in total. The highest BCUT2D eigenvalue weighted by molar-refractivity contribution is 5.34. The van der Waals surface area contributed by atoms with Gasteiger partial charge in [-0.15, -0.1) is 0 Å². The van der Waals surface area contributed by atoms with Gasteiger partial charge in [-0.1, -0.05) is 6.07 Å². The van der Waals surface area contributed by atoms with Gasteiger partial charge in [0.2, 0.25) is 0 Å². The number of alkyl halides is 3. The molecular weight excluding hydrogens is 243 g/mol. The third-order valence-electron chi connectivity index (χ3n) is 2.87. The van der Waals surface area contributed by atoms with E-state index in [4.69, 9.17) is 0 Å². The third kappa shape index (κ3) is 3.87. The molecule has 0 amide bonds. The fourth-order valence-electron chi connectivity index (χ4n) is 1.90. The minimum atomic E-state index is -4.15. The van der Waals surface area contributed by atoms with Crippen LogP contribution in [0.25, 0.3) is 0 Å². The Labute approximate surface area is 104 Å². The molecule has 1 fully saturated rings. The SMILES string of the molecule is CNc1cccc(CN(CC(F)(F)F)C2CC2)n1. The van der Waals surface area contributed by atoms with E-state index in [2.05, 4.69) is 10.3 Å². The third-order valence-corrected chi connectivity index (χ3v) is 2.87. The van der Waals surface area contributed by atoms with Gasteiger partial charge >= 0.3 is 6.18 Å². The molecule has 6 heteroatoms. The van der Waals surface area contributed by atoms with Crippen molar-refractivity contribution in [1.82, 2.24) is 9.88 Å². The number of halogens is 3. The largest absolute Gasteiger partial charge is 0.401 e. The summed E-state index contributed by atoms with van der Waals surface area (Å²) >= 11 is 0. The normalized spacial score (nSPS) is 16.1. The van der Waals surface area contributed by atoms with Crippen molar-refractivity contribution >= 4 is 5.82 Å². The minimum Gasteiger partial charge on any atom is -0.373 e. The summed E-state index contributed by atoms with van der Waals surface area (Å²) in [5.74, 6) is 0.676. The number of nitrogens with one attached hydrogen (secondary N) is 1. The molecule has 1 aromatic heterocycles. The number of nitrogens with zero attached hydrogens (tertiary/aromatic N) is 2. The number of hydrogen-bond acceptors (Lipinski definition) is 3. The first-order chi connectivity index (χ1) is 8.48. The molecule has 18 heavy (non-hydrogen) atoms. The second-order valence-electron chi connectivity index (χ2n) is 4.52. The van der Waals surface area contributed by atoms with Gasteiger partial charge in [-0.25, -0.2) is 4.98 Å². The number of hydrogen-bond donors (Lipinski definition) is 1. The number of aromatic nitrogens is 1. The Morgan fingerprint density at radius 3 is 2.67 bits per heavy atom. The van der Waals surface area contributed by atoms with E-state index in [1.165, 1.54) is 4.90 Å². The zero-order valence-corrected chi connectivity index (χ0v) is 10.2. The maximum absolute atomic E-state index is 12.5. The van der Waals surface area contributed by atoms with E-state index in [-0.39, 0.29) is 12.6 Å². The van der Waals surface area contributed by atoms with Gasteiger partial charge in [0.05, 0.1) is 12.2 Å². The standard InChI is InChI=1S/C12H16F3N3/c1-16-11-4-2-3-9(17-11)7-18(10-5-6-10)8-12(13,14)15/h2-4,10H,5-8H2,1H3,(H,16,17). The van der Waals surface area contributed by atoms with Crippen LogP contribution in [0, 0.1) is 0 Å². The first-order valence-electron chi connectivity index (χ1n) is 5.92. The van der Waals surface area contributed by atoms with E-state index in [1.807, 2.05) is 0 Å². The average molecular weight is 259 g/mol. The monoisotopic (exact) mass is 259 g/mol. The van der Waals surface area contributed by atoms with Crippen molar-refractivity contribution in [2.75, 3.05) is 18.9 Å². The van der Waals surface area contributed by atoms with Crippen molar-refractivity contribution in [1.29, 1.82) is 0 Å². The highest BCUT2D eigenvalue weighted by atomic mass is 19.4. The summed E-state index contributed by atoms with van der Waals surface area (Å²) in [6.45, 7) is -0.608. The molecule has 0 radical (unpaired) electrons. The van der Waals surface area contributed by atoms with E-state index in [0.29, 0.717) is 11.5 Å². The molecule has 0 saturated heterocycles. The Hall–Kier alpha value is -1.30. The first kappa shape index (κ1) is 13.1. The summed E-state index contributed by atoms with van der Waals surface area (Å²) in [5, 5.41) is 2.88. The van der Waals surface area contributed by atoms with Gasteiger partial charge in [0.1, 0.15) is 5.82 Å². The summed E-state index contributed by atoms with van der Waals surface area (Å²) in [5.41, 5.74) is 0.665. The second kappa shape index (κ2) is 5.14. The van der Waals surface area contributed by atoms with Crippen LogP contribution in [-0.2, 0) is 6.54 Å². The lowest BCUT2D eigenvalue weighted by Gasteiger charge is -2.23. The molecule has 1 heterocycles. The predicted octanol–water partition coefficient (Wildman–Crippen LogP) is 2.65. The molecule has 0 atom stereocenters. The molecule has 0 aliphatic heterocycles. The molecular formula is C12H16F3N3. The molecule has 2 rings (SSSR count). The lowest BCUT2D eigenvalue weighted by Crippen LogP contribution is -2.35. The second-order valence-corrected chi connectivity index (χ2v) is 4.52. The Morgan fingerprint density at radius 1 is 1.39 bits per heavy atom. The van der Waals surface area contributed by atoms with Crippen molar-refractivity contribution in [3.8, 4) is 0 Å². The summed E-state index contributed by atoms with van der Waals surface area (Å²) in [6, 6.07) is 5.40. The van der Waals surface area contributed by atoms with Crippen molar-refractivity contribution in [2.45, 2.75) is 31.6 Å². The summed E-state index contributed by atoms with van der Waals surface area (Å²) in [6.07, 6.45) is -2.45. The Bertz CT molecular complexity index is 402. The van der Waals surface area contributed by atoms with E-state index >= 15 is 0 Å². The van der Waals surface area contributed by atoms with Crippen LogP contribution in [0.1, 0.15) is 18.5 Å². The van der Waals surface area contributed by atoms with Crippen LogP contribution >= 0.6 is 0 Å². The van der Waals surface area contributed by atoms with Crippen LogP contribution in [0.2, 0.25) is 0 Å². The zero-order valence-electron chi connectivity index (χ0n) is 10.2. The number of pyridine rings is 1. The van der Waals surface area contributed by atoms with Gasteiger partial charge < -0.3 is 5.32 Å². The van der Waals surface area contributed by atoms with Crippen LogP contribution in [0.4, 0.5) is 19.0 Å². The quantitative estimate of drug-likeness (QED) is 0.881. The summed E-state index contributed by atoms with van der Waals surface area (Å²) < 4.78 is 37.4. The first-order valence-corrected chi connectivity index (χ1v) is 5.92. The average Bonchev–Trinajstić information content (AvgIpc) is 3.10. The van der Waals surface area contributed by atoms with Gasteiger partial charge in [0.15, 0.2) is 0 Å². The van der Waals surface area contributed by atoms with Crippen LogP contribution < -0.4 is 5.32 Å². The highest BCUT2D eigenvalue weighted by Gasteiger charge is 2.38. The number of anilines is 1. The van der Waals surface area contributed by atoms with E-state index < -0.39 is 12.7 Å². The fourth-order valence-corrected chi connectivity index (χ4v) is 1.90. The number of rotatable bonds is 5. The molecule has 1 aliphatic carbocycles. The van der Waals surface area contributed by atoms with Gasteiger partial charge in [-0.05, 0) is 25.0 Å². The highest BCUT2D eigenvalue weighted by Crippen LogP contribution is 2.31. The lowest BCUT2D eigenvalue weighted by atomic mass is 10.3. The maximum Gasteiger partial charge on any atom is 0.401 e. The minimum absolute atomic E-state index is 0.0617. The topological polar surface area (TPSA) is 28.2 Å². The van der Waals surface area contributed by atoms with Crippen molar-refractivity contribution < 1.29 is 13.2 Å². The van der Waals surface area contributed by atoms with Gasteiger partial charge in [0, 0.05) is 19.6 Å². The smallest absolute Gasteiger partial charge is 0.373 e. The van der Waals surface area contributed by atoms with Gasteiger partial charge in [-0.3, -0.25) is 4.90 Å². The summed E-state index contributed by atoms with van der Waals surface area (Å²) in [4.78, 5) is 5.71. The predicted molar refractivity (Wildman–Crippen MR) is 63.3 cm³/mol. The Balaban J connectivity index is 2.03. The van der Waals surface area contributed by atoms with Crippen LogP contribution in [0.3, 0.4) is 0 Å². The molecule has 1 aromatic rings. The van der Waals surface area contributed by atoms with Crippen LogP contribution in [0.15, 0.2) is 18.2 Å². The molecule has 1 aliphatic rings. The van der Waals surface area contributed by atoms with Crippen molar-refractivity contribution in [2.24, 2.45) is 0 Å². The molecule has 3 nitrogen and oxygen atoms in total. The van der Waals surface area contributed by atoms with Crippen LogP contribution in [-0.4, -0.2) is 35.7 Å². The molecule has 0 unspecified atom stereocenters. The molecule has 1 saturated carbocycles. The van der Waals surface area contributed by atoms with Crippen molar-refractivity contribution in [3.63, 3.8) is 0 Å². The summed E-state index contributed by atoms with van der Waals surface area (Å²) in [7, 11) is 1.74. The van der Waals surface area contributed by atoms with Crippen LogP contribution in [0.5, 0.6) is 0 Å². The molecule has 100 valence electrons. The maximum atomic E-state index is 12.5. The fraction of sp³-hybridized carbons (Fsp3) is 0.583. The van der Waals surface area contributed by atoms with E-state index in [0.717, 1.165) is 12.8 Å². The Morgan fingerprint density at radius 2 is 2.11 bits per heavy atom. The molecule has 0 bridgehead atoms. The van der Waals surface area contributed by atoms with E-state index in [9.17, 15) is 13.2 Å². The van der Waals surface area contributed by atoms with Gasteiger partial charge in [0.25, 0.3) is 0 Å². The molecule has 0 aromatic carbocycles. The van der Waals surface area contributed by atoms with E-state index in [1.54, 1.807) is 25.2 Å². The van der Waals surface area contributed by atoms with Gasteiger partial charge in [-0.2, -0.15) is 13.2 Å². The van der Waals surface area contributed by atoms with Crippen molar-refractivity contribution in [3.05, 3.63) is 23.9 Å². The lowest BCUT2D eigenvalue weighted by molar-refractivity contribution is -0.148. The molecule has 0 spiro atoms. The zero-order chi connectivity index (χ0) is 13.2. The Kier molecular flexibility index (Phi) is 3.75.